The lowest BCUT2D eigenvalue weighted by Crippen LogP contribution is -2.24. The van der Waals surface area contributed by atoms with Gasteiger partial charge in [0, 0.05) is 5.92 Å². The average Bonchev–Trinajstić information content (AvgIpc) is 2.47. The van der Waals surface area contributed by atoms with Gasteiger partial charge < -0.3 is 9.15 Å². The zero-order chi connectivity index (χ0) is 8.67. The summed E-state index contributed by atoms with van der Waals surface area (Å²) >= 11 is 0. The minimum atomic E-state index is 0.550. The molecular formula is C10H9NO2. The molecule has 3 rings (SSSR count). The van der Waals surface area contributed by atoms with Crippen molar-refractivity contribution in [2.45, 2.75) is 5.92 Å². The molecule has 1 aromatic carbocycles. The summed E-state index contributed by atoms with van der Waals surface area (Å²) in [6.45, 7) is 1.67. The molecule has 66 valence electrons. The Hall–Kier alpha value is -1.35. The van der Waals surface area contributed by atoms with Crippen LogP contribution in [0.3, 0.4) is 0 Å². The van der Waals surface area contributed by atoms with E-state index >= 15 is 0 Å². The van der Waals surface area contributed by atoms with Crippen LogP contribution in [0.25, 0.3) is 11.1 Å². The van der Waals surface area contributed by atoms with Crippen molar-refractivity contribution in [3.8, 4) is 0 Å². The Morgan fingerprint density at radius 2 is 2.23 bits per heavy atom. The second kappa shape index (κ2) is 2.57. The Kier molecular flexibility index (Phi) is 1.40. The Labute approximate surface area is 75.3 Å². The molecule has 0 bridgehead atoms. The molecule has 1 saturated heterocycles. The van der Waals surface area contributed by atoms with Gasteiger partial charge in [-0.15, -0.1) is 0 Å². The van der Waals surface area contributed by atoms with E-state index in [9.17, 15) is 0 Å². The first-order valence-electron chi connectivity index (χ1n) is 4.34. The molecule has 1 aliphatic heterocycles. The predicted octanol–water partition coefficient (Wildman–Crippen LogP) is 1.94. The van der Waals surface area contributed by atoms with Gasteiger partial charge in [0.05, 0.1) is 13.2 Å². The van der Waals surface area contributed by atoms with Crippen LogP contribution in [0.4, 0.5) is 0 Å². The van der Waals surface area contributed by atoms with Crippen LogP contribution in [0, 0.1) is 0 Å². The van der Waals surface area contributed by atoms with E-state index in [1.807, 2.05) is 6.07 Å². The first kappa shape index (κ1) is 7.09. The topological polar surface area (TPSA) is 35.3 Å². The lowest BCUT2D eigenvalue weighted by Gasteiger charge is -2.26. The molecule has 0 N–H and O–H groups in total. The van der Waals surface area contributed by atoms with Crippen molar-refractivity contribution in [3.63, 3.8) is 0 Å². The van der Waals surface area contributed by atoms with Crippen molar-refractivity contribution in [1.29, 1.82) is 0 Å². The zero-order valence-corrected chi connectivity index (χ0v) is 7.06. The molecule has 1 fully saturated rings. The Bertz CT molecular complexity index is 431. The number of rotatable bonds is 1. The molecule has 13 heavy (non-hydrogen) atoms. The van der Waals surface area contributed by atoms with Crippen molar-refractivity contribution in [2.24, 2.45) is 0 Å². The first-order valence-corrected chi connectivity index (χ1v) is 4.34. The highest BCUT2D eigenvalue weighted by molar-refractivity contribution is 5.72. The van der Waals surface area contributed by atoms with Crippen LogP contribution < -0.4 is 0 Å². The van der Waals surface area contributed by atoms with Gasteiger partial charge in [0.1, 0.15) is 5.52 Å². The standard InChI is InChI=1S/C10H9NO2/c1-2-9-10(13-6-11-9)3-7(1)8-4-12-5-8/h1-3,6,8H,4-5H2. The quantitative estimate of drug-likeness (QED) is 0.664. The van der Waals surface area contributed by atoms with Crippen LogP contribution in [0.1, 0.15) is 11.5 Å². The number of aromatic nitrogens is 1. The van der Waals surface area contributed by atoms with Gasteiger partial charge in [0.2, 0.25) is 0 Å². The molecule has 2 aromatic rings. The minimum absolute atomic E-state index is 0.550. The highest BCUT2D eigenvalue weighted by atomic mass is 16.5. The van der Waals surface area contributed by atoms with Crippen LogP contribution in [0.15, 0.2) is 29.0 Å². The van der Waals surface area contributed by atoms with E-state index in [4.69, 9.17) is 9.15 Å². The van der Waals surface area contributed by atoms with E-state index in [0.29, 0.717) is 5.92 Å². The smallest absolute Gasteiger partial charge is 0.181 e. The second-order valence-electron chi connectivity index (χ2n) is 3.31. The first-order chi connectivity index (χ1) is 6.43. The van der Waals surface area contributed by atoms with Crippen LogP contribution in [-0.4, -0.2) is 18.2 Å². The van der Waals surface area contributed by atoms with Gasteiger partial charge in [0.15, 0.2) is 12.0 Å². The Balaban J connectivity index is 2.09. The molecular weight excluding hydrogens is 166 g/mol. The molecule has 0 saturated carbocycles. The number of hydrogen-bond acceptors (Lipinski definition) is 3. The van der Waals surface area contributed by atoms with E-state index in [2.05, 4.69) is 17.1 Å². The van der Waals surface area contributed by atoms with Crippen molar-refractivity contribution >= 4 is 11.1 Å². The number of nitrogens with zero attached hydrogens (tertiary/aromatic N) is 1. The summed E-state index contributed by atoms with van der Waals surface area (Å²) < 4.78 is 10.4. The summed E-state index contributed by atoms with van der Waals surface area (Å²) in [6.07, 6.45) is 1.48. The molecule has 0 spiro atoms. The molecule has 1 aromatic heterocycles. The number of fused-ring (bicyclic) bond motifs is 1. The van der Waals surface area contributed by atoms with Gasteiger partial charge >= 0.3 is 0 Å². The Morgan fingerprint density at radius 1 is 1.31 bits per heavy atom. The second-order valence-corrected chi connectivity index (χ2v) is 3.31. The average molecular weight is 175 g/mol. The highest BCUT2D eigenvalue weighted by Gasteiger charge is 2.20. The Morgan fingerprint density at radius 3 is 3.00 bits per heavy atom. The van der Waals surface area contributed by atoms with Gasteiger partial charge in [-0.1, -0.05) is 6.07 Å². The molecule has 0 atom stereocenters. The molecule has 0 amide bonds. The SMILES string of the molecule is c1nc2ccc(C3COC3)cc2o1. The summed E-state index contributed by atoms with van der Waals surface area (Å²) in [6, 6.07) is 6.14. The van der Waals surface area contributed by atoms with Gasteiger partial charge in [0.25, 0.3) is 0 Å². The fourth-order valence-corrected chi connectivity index (χ4v) is 1.55. The highest BCUT2D eigenvalue weighted by Crippen LogP contribution is 2.26. The van der Waals surface area contributed by atoms with Gasteiger partial charge in [-0.05, 0) is 17.7 Å². The third-order valence-electron chi connectivity index (χ3n) is 2.46. The maximum absolute atomic E-state index is 5.23. The zero-order valence-electron chi connectivity index (χ0n) is 7.06. The number of oxazole rings is 1. The summed E-state index contributed by atoms with van der Waals surface area (Å²) in [5.74, 6) is 0.550. The molecule has 0 unspecified atom stereocenters. The maximum atomic E-state index is 5.23. The van der Waals surface area contributed by atoms with Crippen molar-refractivity contribution < 1.29 is 9.15 Å². The summed E-state index contributed by atoms with van der Waals surface area (Å²) in [7, 11) is 0. The van der Waals surface area contributed by atoms with Gasteiger partial charge in [-0.25, -0.2) is 4.98 Å². The van der Waals surface area contributed by atoms with Crippen LogP contribution in [0.5, 0.6) is 0 Å². The molecule has 0 aliphatic carbocycles. The molecule has 1 aliphatic rings. The lowest BCUT2D eigenvalue weighted by molar-refractivity contribution is 0.00845. The number of ether oxygens (including phenoxy) is 1. The number of hydrogen-bond donors (Lipinski definition) is 0. The monoisotopic (exact) mass is 175 g/mol. The maximum Gasteiger partial charge on any atom is 0.181 e. The fourth-order valence-electron chi connectivity index (χ4n) is 1.55. The van der Waals surface area contributed by atoms with E-state index in [1.54, 1.807) is 0 Å². The van der Waals surface area contributed by atoms with Crippen LogP contribution in [0.2, 0.25) is 0 Å². The predicted molar refractivity (Wildman–Crippen MR) is 47.6 cm³/mol. The van der Waals surface area contributed by atoms with Crippen LogP contribution in [-0.2, 0) is 4.74 Å². The summed E-state index contributed by atoms with van der Waals surface area (Å²) in [5.41, 5.74) is 3.07. The number of benzene rings is 1. The van der Waals surface area contributed by atoms with E-state index in [-0.39, 0.29) is 0 Å². The largest absolute Gasteiger partial charge is 0.443 e. The third-order valence-corrected chi connectivity index (χ3v) is 2.46. The van der Waals surface area contributed by atoms with Crippen molar-refractivity contribution in [3.05, 3.63) is 30.2 Å². The summed E-state index contributed by atoms with van der Waals surface area (Å²) in [5, 5.41) is 0. The molecule has 3 heteroatoms. The molecule has 3 nitrogen and oxygen atoms in total. The van der Waals surface area contributed by atoms with Gasteiger partial charge in [-0.2, -0.15) is 0 Å². The normalized spacial score (nSPS) is 17.5. The fraction of sp³-hybridized carbons (Fsp3) is 0.300. The lowest BCUT2D eigenvalue weighted by atomic mass is 9.97. The van der Waals surface area contributed by atoms with Crippen LogP contribution >= 0.6 is 0 Å². The molecule has 0 radical (unpaired) electrons. The molecule has 2 heterocycles. The van der Waals surface area contributed by atoms with Crippen molar-refractivity contribution in [2.75, 3.05) is 13.2 Å². The van der Waals surface area contributed by atoms with Gasteiger partial charge in [-0.3, -0.25) is 0 Å². The van der Waals surface area contributed by atoms with Crippen molar-refractivity contribution in [1.82, 2.24) is 4.98 Å². The van der Waals surface area contributed by atoms with E-state index in [1.165, 1.54) is 12.0 Å². The minimum Gasteiger partial charge on any atom is -0.443 e. The van der Waals surface area contributed by atoms with E-state index < -0.39 is 0 Å². The van der Waals surface area contributed by atoms with E-state index in [0.717, 1.165) is 24.3 Å². The third kappa shape index (κ3) is 1.04. The summed E-state index contributed by atoms with van der Waals surface area (Å²) in [4.78, 5) is 4.07.